The number of carboxylic acid groups (broad SMARTS) is 1. The van der Waals surface area contributed by atoms with Gasteiger partial charge in [0.2, 0.25) is 5.91 Å². The van der Waals surface area contributed by atoms with Crippen molar-refractivity contribution in [1.82, 2.24) is 10.6 Å². The highest BCUT2D eigenvalue weighted by Crippen LogP contribution is 2.44. The van der Waals surface area contributed by atoms with Gasteiger partial charge in [0.25, 0.3) is 0 Å². The number of ether oxygens (including phenoxy) is 1. The van der Waals surface area contributed by atoms with E-state index in [0.29, 0.717) is 6.42 Å². The zero-order valence-electron chi connectivity index (χ0n) is 20.0. The summed E-state index contributed by atoms with van der Waals surface area (Å²) in [5.41, 5.74) is 4.60. The number of rotatable bonds is 11. The summed E-state index contributed by atoms with van der Waals surface area (Å²) in [5.74, 6) is -1.29. The first-order valence-corrected chi connectivity index (χ1v) is 11.9. The standard InChI is InChI=1S/C27H34N2O5/c1-4-9-18(14-25(30)29-24(17(2)3)15-26(31)32)28-27(33)34-16-23-21-12-7-5-10-19(21)20-11-6-8-13-22(20)23/h5-8,10-13,17-18,23-24H,4,9,14-16H2,1-3H3,(H,28,33)(H,29,30)(H,31,32)/t18-,24-/m0/s1. The minimum Gasteiger partial charge on any atom is -0.481 e. The molecule has 0 saturated heterocycles. The molecule has 2 amide bonds. The second kappa shape index (κ2) is 11.7. The summed E-state index contributed by atoms with van der Waals surface area (Å²) in [6, 6.07) is 15.4. The summed E-state index contributed by atoms with van der Waals surface area (Å²) in [4.78, 5) is 36.3. The summed E-state index contributed by atoms with van der Waals surface area (Å²) < 4.78 is 5.61. The maximum atomic E-state index is 12.6. The SMILES string of the molecule is CCC[C@@H](CC(=O)N[C@@H](CC(=O)O)C(C)C)NC(=O)OCC1c2ccccc2-c2ccccc21. The molecule has 3 N–H and O–H groups in total. The summed E-state index contributed by atoms with van der Waals surface area (Å²) in [6.07, 6.45) is 0.773. The number of aliphatic carboxylic acids is 1. The van der Waals surface area contributed by atoms with Crippen molar-refractivity contribution in [3.63, 3.8) is 0 Å². The molecule has 2 aromatic carbocycles. The topological polar surface area (TPSA) is 105 Å². The normalized spacial score (nSPS) is 14.1. The molecule has 1 aliphatic carbocycles. The van der Waals surface area contributed by atoms with Gasteiger partial charge in [-0.3, -0.25) is 9.59 Å². The molecule has 0 saturated carbocycles. The third kappa shape index (κ3) is 6.37. The van der Waals surface area contributed by atoms with Gasteiger partial charge in [0.1, 0.15) is 6.61 Å². The number of carbonyl (C=O) groups is 3. The fraction of sp³-hybridized carbons (Fsp3) is 0.444. The maximum Gasteiger partial charge on any atom is 0.407 e. The molecule has 3 rings (SSSR count). The molecule has 1 aliphatic rings. The number of carboxylic acids is 1. The van der Waals surface area contributed by atoms with Crippen LogP contribution in [-0.4, -0.2) is 41.8 Å². The summed E-state index contributed by atoms with van der Waals surface area (Å²) in [5, 5.41) is 14.7. The summed E-state index contributed by atoms with van der Waals surface area (Å²) >= 11 is 0. The van der Waals surface area contributed by atoms with Crippen LogP contribution in [0.3, 0.4) is 0 Å². The van der Waals surface area contributed by atoms with Gasteiger partial charge in [0, 0.05) is 24.4 Å². The number of amides is 2. The zero-order chi connectivity index (χ0) is 24.7. The van der Waals surface area contributed by atoms with E-state index in [1.807, 2.05) is 45.0 Å². The Hall–Kier alpha value is -3.35. The van der Waals surface area contributed by atoms with E-state index >= 15 is 0 Å². The van der Waals surface area contributed by atoms with Crippen molar-refractivity contribution < 1.29 is 24.2 Å². The van der Waals surface area contributed by atoms with E-state index < -0.39 is 24.1 Å². The van der Waals surface area contributed by atoms with Crippen LogP contribution < -0.4 is 10.6 Å². The van der Waals surface area contributed by atoms with E-state index in [-0.39, 0.29) is 37.2 Å². The maximum absolute atomic E-state index is 12.6. The van der Waals surface area contributed by atoms with Crippen LogP contribution in [0.15, 0.2) is 48.5 Å². The summed E-state index contributed by atoms with van der Waals surface area (Å²) in [7, 11) is 0. The first kappa shape index (κ1) is 25.3. The van der Waals surface area contributed by atoms with Gasteiger partial charge in [-0.05, 0) is 34.6 Å². The molecule has 7 nitrogen and oxygen atoms in total. The van der Waals surface area contributed by atoms with Gasteiger partial charge < -0.3 is 20.5 Å². The third-order valence-corrected chi connectivity index (χ3v) is 6.28. The van der Waals surface area contributed by atoms with Crippen molar-refractivity contribution in [1.29, 1.82) is 0 Å². The molecule has 0 bridgehead atoms. The predicted molar refractivity (Wildman–Crippen MR) is 131 cm³/mol. The molecule has 2 atom stereocenters. The first-order chi connectivity index (χ1) is 16.3. The van der Waals surface area contributed by atoms with Gasteiger partial charge in [-0.1, -0.05) is 75.7 Å². The Kier molecular flexibility index (Phi) is 8.68. The highest BCUT2D eigenvalue weighted by molar-refractivity contribution is 5.80. The number of carbonyl (C=O) groups excluding carboxylic acids is 2. The highest BCUT2D eigenvalue weighted by atomic mass is 16.5. The Bertz CT molecular complexity index is 974. The zero-order valence-corrected chi connectivity index (χ0v) is 20.0. The molecule has 0 heterocycles. The van der Waals surface area contributed by atoms with Crippen LogP contribution in [0, 0.1) is 5.92 Å². The number of nitrogens with one attached hydrogen (secondary N) is 2. The van der Waals surface area contributed by atoms with Crippen molar-refractivity contribution in [3.8, 4) is 11.1 Å². The Morgan fingerprint density at radius 2 is 1.53 bits per heavy atom. The molecular weight excluding hydrogens is 432 g/mol. The van der Waals surface area contributed by atoms with Crippen LogP contribution in [0.1, 0.15) is 63.5 Å². The van der Waals surface area contributed by atoms with Crippen molar-refractivity contribution >= 4 is 18.0 Å². The van der Waals surface area contributed by atoms with Crippen molar-refractivity contribution in [2.24, 2.45) is 5.92 Å². The number of alkyl carbamates (subject to hydrolysis) is 1. The van der Waals surface area contributed by atoms with Crippen molar-refractivity contribution in [2.45, 2.75) is 64.5 Å². The highest BCUT2D eigenvalue weighted by Gasteiger charge is 2.29. The third-order valence-electron chi connectivity index (χ3n) is 6.28. The Labute approximate surface area is 200 Å². The van der Waals surface area contributed by atoms with Crippen LogP contribution in [0.4, 0.5) is 4.79 Å². The van der Waals surface area contributed by atoms with E-state index in [1.165, 1.54) is 0 Å². The second-order valence-electron chi connectivity index (χ2n) is 9.18. The van der Waals surface area contributed by atoms with Crippen LogP contribution in [0.5, 0.6) is 0 Å². The molecule has 0 fully saturated rings. The number of hydrogen-bond acceptors (Lipinski definition) is 4. The average Bonchev–Trinajstić information content (AvgIpc) is 3.11. The Morgan fingerprint density at radius 3 is 2.06 bits per heavy atom. The van der Waals surface area contributed by atoms with Gasteiger partial charge in [-0.25, -0.2) is 4.79 Å². The van der Waals surface area contributed by atoms with E-state index in [4.69, 9.17) is 9.84 Å². The van der Waals surface area contributed by atoms with Crippen LogP contribution in [-0.2, 0) is 14.3 Å². The lowest BCUT2D eigenvalue weighted by Crippen LogP contribution is -2.44. The molecule has 0 spiro atoms. The number of benzene rings is 2. The number of fused-ring (bicyclic) bond motifs is 3. The average molecular weight is 467 g/mol. The molecule has 7 heteroatoms. The fourth-order valence-corrected chi connectivity index (χ4v) is 4.51. The van der Waals surface area contributed by atoms with Crippen LogP contribution in [0.25, 0.3) is 11.1 Å². The van der Waals surface area contributed by atoms with E-state index in [2.05, 4.69) is 34.9 Å². The second-order valence-corrected chi connectivity index (χ2v) is 9.18. The molecule has 34 heavy (non-hydrogen) atoms. The monoisotopic (exact) mass is 466 g/mol. The van der Waals surface area contributed by atoms with Gasteiger partial charge in [0.05, 0.1) is 6.42 Å². The summed E-state index contributed by atoms with van der Waals surface area (Å²) in [6.45, 7) is 5.92. The van der Waals surface area contributed by atoms with Gasteiger partial charge >= 0.3 is 12.1 Å². The molecule has 182 valence electrons. The van der Waals surface area contributed by atoms with Crippen molar-refractivity contribution in [3.05, 3.63) is 59.7 Å². The lowest BCUT2D eigenvalue weighted by Gasteiger charge is -2.23. The molecule has 0 unspecified atom stereocenters. The fourth-order valence-electron chi connectivity index (χ4n) is 4.51. The lowest BCUT2D eigenvalue weighted by molar-refractivity contribution is -0.138. The Balaban J connectivity index is 1.58. The van der Waals surface area contributed by atoms with Crippen LogP contribution >= 0.6 is 0 Å². The first-order valence-electron chi connectivity index (χ1n) is 11.9. The van der Waals surface area contributed by atoms with Crippen molar-refractivity contribution in [2.75, 3.05) is 6.61 Å². The predicted octanol–water partition coefficient (Wildman–Crippen LogP) is 4.70. The smallest absolute Gasteiger partial charge is 0.407 e. The molecule has 0 aromatic heterocycles. The minimum atomic E-state index is -0.958. The van der Waals surface area contributed by atoms with Crippen LogP contribution in [0.2, 0.25) is 0 Å². The van der Waals surface area contributed by atoms with Gasteiger partial charge in [-0.15, -0.1) is 0 Å². The Morgan fingerprint density at radius 1 is 0.941 bits per heavy atom. The molecule has 2 aromatic rings. The van der Waals surface area contributed by atoms with Gasteiger partial charge in [-0.2, -0.15) is 0 Å². The van der Waals surface area contributed by atoms with E-state index in [1.54, 1.807) is 0 Å². The van der Waals surface area contributed by atoms with E-state index in [9.17, 15) is 14.4 Å². The lowest BCUT2D eigenvalue weighted by atomic mass is 9.98. The molecule has 0 aliphatic heterocycles. The minimum absolute atomic E-state index is 0.0141. The quantitative estimate of drug-likeness (QED) is 0.445. The number of hydrogen-bond donors (Lipinski definition) is 3. The molecule has 0 radical (unpaired) electrons. The molecular formula is C27H34N2O5. The van der Waals surface area contributed by atoms with Gasteiger partial charge in [0.15, 0.2) is 0 Å². The largest absolute Gasteiger partial charge is 0.481 e. The van der Waals surface area contributed by atoms with E-state index in [0.717, 1.165) is 28.7 Å².